The molecule has 8 heteroatoms. The summed E-state index contributed by atoms with van der Waals surface area (Å²) in [7, 11) is 0. The van der Waals surface area contributed by atoms with E-state index in [-0.39, 0.29) is 23.8 Å². The Morgan fingerprint density at radius 2 is 1.83 bits per heavy atom. The molecular weight excluding hydrogens is 370 g/mol. The molecule has 1 heterocycles. The molecule has 0 aromatic rings. The molecule has 1 aliphatic carbocycles. The molecule has 160 valence electrons. The zero-order valence-electron chi connectivity index (χ0n) is 17.8. The predicted molar refractivity (Wildman–Crippen MR) is 113 cm³/mol. The maximum atomic E-state index is 12.9. The lowest BCUT2D eigenvalue weighted by Gasteiger charge is -2.48. The molecule has 1 aliphatic heterocycles. The fourth-order valence-electron chi connectivity index (χ4n) is 4.20. The third kappa shape index (κ3) is 5.92. The first-order chi connectivity index (χ1) is 13.6. The summed E-state index contributed by atoms with van der Waals surface area (Å²) in [6, 6.07) is 0.215. The highest BCUT2D eigenvalue weighted by Gasteiger charge is 2.43. The summed E-state index contributed by atoms with van der Waals surface area (Å²) in [6.07, 6.45) is 5.28. The van der Waals surface area contributed by atoms with Gasteiger partial charge in [0.05, 0.1) is 0 Å². The van der Waals surface area contributed by atoms with Crippen molar-refractivity contribution >= 4 is 24.4 Å². The largest absolute Gasteiger partial charge is 0.384 e. The minimum atomic E-state index is -0.645. The van der Waals surface area contributed by atoms with Crippen LogP contribution in [0.1, 0.15) is 53.4 Å². The van der Waals surface area contributed by atoms with Gasteiger partial charge in [-0.05, 0) is 69.7 Å². The molecule has 1 saturated carbocycles. The third-order valence-electron chi connectivity index (χ3n) is 5.76. The van der Waals surface area contributed by atoms with Gasteiger partial charge in [0.1, 0.15) is 5.82 Å². The van der Waals surface area contributed by atoms with Gasteiger partial charge in [0.25, 0.3) is 0 Å². The number of hydrogen-bond acceptors (Lipinski definition) is 5. The minimum absolute atomic E-state index is 0.0306. The number of piperidine rings is 1. The van der Waals surface area contributed by atoms with Crippen molar-refractivity contribution in [1.29, 1.82) is 0 Å². The molecule has 2 aliphatic rings. The van der Waals surface area contributed by atoms with E-state index >= 15 is 0 Å². The maximum Gasteiger partial charge on any atom is 0.313 e. The van der Waals surface area contributed by atoms with Crippen LogP contribution in [0.25, 0.3) is 0 Å². The number of aliphatic imine (C=N–C) groups is 1. The van der Waals surface area contributed by atoms with Gasteiger partial charge in [-0.1, -0.05) is 6.92 Å². The van der Waals surface area contributed by atoms with Crippen molar-refractivity contribution in [3.8, 4) is 0 Å². The Balaban J connectivity index is 2.03. The monoisotopic (exact) mass is 403 g/mol. The third-order valence-corrected chi connectivity index (χ3v) is 5.76. The van der Waals surface area contributed by atoms with E-state index in [2.05, 4.69) is 29.3 Å². The molecule has 8 nitrogen and oxygen atoms in total. The van der Waals surface area contributed by atoms with Crippen LogP contribution in [-0.4, -0.2) is 48.0 Å². The van der Waals surface area contributed by atoms with Crippen LogP contribution < -0.4 is 16.4 Å². The molecule has 0 aromatic heterocycles. The number of rotatable bonds is 5. The fourth-order valence-corrected chi connectivity index (χ4v) is 4.20. The SMILES string of the molecule is C=N/C(N)=C(C)\C=C(/C)NC(=O)C(=O)N1C[C@H](C)CC[C@@H]1C1CC(NC(C)=O)C1. The highest BCUT2D eigenvalue weighted by atomic mass is 16.2. The van der Waals surface area contributed by atoms with E-state index in [1.54, 1.807) is 24.8 Å². The Labute approximate surface area is 172 Å². The van der Waals surface area contributed by atoms with Gasteiger partial charge in [0.15, 0.2) is 0 Å². The van der Waals surface area contributed by atoms with Crippen molar-refractivity contribution in [3.63, 3.8) is 0 Å². The number of hydrogen-bond donors (Lipinski definition) is 3. The lowest BCUT2D eigenvalue weighted by atomic mass is 9.71. The second-order valence-electron chi connectivity index (χ2n) is 8.34. The number of carbonyl (C=O) groups excluding carboxylic acids is 3. The number of likely N-dealkylation sites (tertiary alicyclic amines) is 1. The minimum Gasteiger partial charge on any atom is -0.384 e. The highest BCUT2D eigenvalue weighted by molar-refractivity contribution is 6.35. The van der Waals surface area contributed by atoms with E-state index in [1.807, 2.05) is 0 Å². The quantitative estimate of drug-likeness (QED) is 0.366. The lowest BCUT2D eigenvalue weighted by Crippen LogP contribution is -2.58. The van der Waals surface area contributed by atoms with E-state index < -0.39 is 11.8 Å². The Morgan fingerprint density at radius 3 is 2.41 bits per heavy atom. The topological polar surface area (TPSA) is 117 Å². The molecule has 0 aromatic carbocycles. The summed E-state index contributed by atoms with van der Waals surface area (Å²) in [4.78, 5) is 42.1. The molecule has 0 spiro atoms. The van der Waals surface area contributed by atoms with Crippen molar-refractivity contribution in [2.45, 2.75) is 65.5 Å². The van der Waals surface area contributed by atoms with Gasteiger partial charge < -0.3 is 21.3 Å². The van der Waals surface area contributed by atoms with Gasteiger partial charge in [0.2, 0.25) is 5.91 Å². The number of nitrogens with one attached hydrogen (secondary N) is 2. The summed E-state index contributed by atoms with van der Waals surface area (Å²) >= 11 is 0. The van der Waals surface area contributed by atoms with Gasteiger partial charge >= 0.3 is 11.8 Å². The van der Waals surface area contributed by atoms with Crippen LogP contribution in [0.2, 0.25) is 0 Å². The van der Waals surface area contributed by atoms with Gasteiger partial charge in [-0.3, -0.25) is 14.4 Å². The van der Waals surface area contributed by atoms with Crippen LogP contribution in [0.5, 0.6) is 0 Å². The van der Waals surface area contributed by atoms with Crippen LogP contribution in [0.15, 0.2) is 28.2 Å². The lowest BCUT2D eigenvalue weighted by molar-refractivity contribution is -0.150. The summed E-state index contributed by atoms with van der Waals surface area (Å²) in [5.74, 6) is -0.237. The number of nitrogens with zero attached hydrogens (tertiary/aromatic N) is 2. The van der Waals surface area contributed by atoms with E-state index in [4.69, 9.17) is 5.73 Å². The molecule has 3 amide bonds. The number of allylic oxidation sites excluding steroid dienone is 3. The van der Waals surface area contributed by atoms with Crippen molar-refractivity contribution in [1.82, 2.24) is 15.5 Å². The van der Waals surface area contributed by atoms with Crippen molar-refractivity contribution in [3.05, 3.63) is 23.2 Å². The highest BCUT2D eigenvalue weighted by Crippen LogP contribution is 2.38. The van der Waals surface area contributed by atoms with E-state index in [0.29, 0.717) is 29.7 Å². The summed E-state index contributed by atoms with van der Waals surface area (Å²) in [6.45, 7) is 11.0. The molecule has 2 atom stereocenters. The zero-order valence-corrected chi connectivity index (χ0v) is 17.8. The molecule has 29 heavy (non-hydrogen) atoms. The Morgan fingerprint density at radius 1 is 1.17 bits per heavy atom. The molecule has 1 saturated heterocycles. The first kappa shape index (κ1) is 22.6. The molecule has 0 bridgehead atoms. The number of carbonyl (C=O) groups is 3. The second-order valence-corrected chi connectivity index (χ2v) is 8.34. The van der Waals surface area contributed by atoms with Crippen molar-refractivity contribution < 1.29 is 14.4 Å². The second kappa shape index (κ2) is 9.71. The van der Waals surface area contributed by atoms with Gasteiger partial charge in [0, 0.05) is 31.2 Å². The smallest absolute Gasteiger partial charge is 0.313 e. The van der Waals surface area contributed by atoms with Crippen LogP contribution in [-0.2, 0) is 14.4 Å². The molecule has 2 fully saturated rings. The summed E-state index contributed by atoms with van der Waals surface area (Å²) in [5, 5.41) is 5.58. The van der Waals surface area contributed by atoms with Crippen LogP contribution in [0.3, 0.4) is 0 Å². The fraction of sp³-hybridized carbons (Fsp3) is 0.619. The van der Waals surface area contributed by atoms with Crippen LogP contribution in [0, 0.1) is 11.8 Å². The number of amides is 3. The maximum absolute atomic E-state index is 12.9. The standard InChI is InChI=1S/C21H33N5O3/c1-12-6-7-18(16-9-17(10-16)25-15(4)27)26(11-12)21(29)20(28)24-14(3)8-13(2)19(22)23-5/h8,12,16-18H,5-7,9-11,22H2,1-4H3,(H,24,28)(H,25,27)/b14-8+,19-13-/t12-,16?,17?,18-/m1/s1. The van der Waals surface area contributed by atoms with E-state index in [1.165, 1.54) is 6.92 Å². The van der Waals surface area contributed by atoms with Gasteiger partial charge in [-0.25, -0.2) is 4.99 Å². The van der Waals surface area contributed by atoms with Crippen molar-refractivity contribution in [2.24, 2.45) is 22.6 Å². The van der Waals surface area contributed by atoms with E-state index in [9.17, 15) is 14.4 Å². The van der Waals surface area contributed by atoms with Gasteiger partial charge in [-0.15, -0.1) is 0 Å². The molecule has 4 N–H and O–H groups in total. The Kier molecular flexibility index (Phi) is 7.59. The first-order valence-corrected chi connectivity index (χ1v) is 10.1. The van der Waals surface area contributed by atoms with Crippen molar-refractivity contribution in [2.75, 3.05) is 6.54 Å². The Hall–Kier alpha value is -2.64. The first-order valence-electron chi connectivity index (χ1n) is 10.1. The molecule has 2 rings (SSSR count). The normalized spacial score (nSPS) is 28.0. The average molecular weight is 404 g/mol. The molecule has 0 unspecified atom stereocenters. The molecular formula is C21H33N5O3. The zero-order chi connectivity index (χ0) is 21.7. The molecule has 0 radical (unpaired) electrons. The van der Waals surface area contributed by atoms with Crippen LogP contribution in [0.4, 0.5) is 0 Å². The predicted octanol–water partition coefficient (Wildman–Crippen LogP) is 1.44. The van der Waals surface area contributed by atoms with E-state index in [0.717, 1.165) is 25.7 Å². The average Bonchev–Trinajstić information content (AvgIpc) is 2.62. The number of nitrogens with two attached hydrogens (primary N) is 1. The summed E-state index contributed by atoms with van der Waals surface area (Å²) in [5.41, 5.74) is 6.87. The summed E-state index contributed by atoms with van der Waals surface area (Å²) < 4.78 is 0. The van der Waals surface area contributed by atoms with Gasteiger partial charge in [-0.2, -0.15) is 0 Å². The Bertz CT molecular complexity index is 737. The van der Waals surface area contributed by atoms with Crippen LogP contribution >= 0.6 is 0 Å².